The number of aldehydes is 2. The monoisotopic (exact) mass is 485 g/mol. The van der Waals surface area contributed by atoms with Crippen molar-refractivity contribution in [2.24, 2.45) is 0 Å². The SMILES string of the molecule is CNC(=O)CCC(C=O)N(C)C(=O)c1c(C=O)cccc1OCCCCCCCNC1(C)C=CC1. The molecule has 0 radical (unpaired) electrons. The standard InChI is InChI=1S/C27H39N3O5/c1-27(15-10-16-27)29-17-7-5-4-6-8-18-35-23-12-9-11-21(19-31)25(23)26(34)30(3)22(20-32)13-14-24(33)28-2/h9-12,15,19-20,22,29H,4-8,13-14,16-18H2,1-3H3,(H,28,33). The Hall–Kier alpha value is -3.00. The van der Waals surface area contributed by atoms with E-state index in [0.717, 1.165) is 45.1 Å². The molecule has 2 amide bonds. The van der Waals surface area contributed by atoms with Crippen LogP contribution >= 0.6 is 0 Å². The first-order chi connectivity index (χ1) is 16.8. The number of unbranched alkanes of at least 4 members (excludes halogenated alkanes) is 4. The van der Waals surface area contributed by atoms with Gasteiger partial charge in [0.25, 0.3) is 5.91 Å². The van der Waals surface area contributed by atoms with Crippen LogP contribution in [0.25, 0.3) is 0 Å². The molecule has 0 saturated heterocycles. The number of rotatable bonds is 17. The lowest BCUT2D eigenvalue weighted by atomic mass is 9.87. The summed E-state index contributed by atoms with van der Waals surface area (Å²) in [5.74, 6) is -0.372. The molecule has 1 aliphatic rings. The molecule has 2 N–H and O–H groups in total. The molecule has 2 unspecified atom stereocenters. The van der Waals surface area contributed by atoms with Crippen molar-refractivity contribution in [2.45, 2.75) is 69.9 Å². The first kappa shape index (κ1) is 28.2. The van der Waals surface area contributed by atoms with E-state index >= 15 is 0 Å². The van der Waals surface area contributed by atoms with Gasteiger partial charge in [0.05, 0.1) is 18.2 Å². The van der Waals surface area contributed by atoms with Gasteiger partial charge in [-0.25, -0.2) is 0 Å². The summed E-state index contributed by atoms with van der Waals surface area (Å²) >= 11 is 0. The number of carbonyl (C=O) groups is 4. The van der Waals surface area contributed by atoms with E-state index in [2.05, 4.69) is 29.7 Å². The number of nitrogens with one attached hydrogen (secondary N) is 2. The van der Waals surface area contributed by atoms with Gasteiger partial charge in [-0.15, -0.1) is 0 Å². The highest BCUT2D eigenvalue weighted by molar-refractivity contribution is 6.04. The highest BCUT2D eigenvalue weighted by Crippen LogP contribution is 2.25. The number of ether oxygens (including phenoxy) is 1. The quantitative estimate of drug-likeness (QED) is 0.199. The van der Waals surface area contributed by atoms with Gasteiger partial charge in [0.1, 0.15) is 12.0 Å². The predicted octanol–water partition coefficient (Wildman–Crippen LogP) is 3.30. The van der Waals surface area contributed by atoms with E-state index in [1.807, 2.05) is 0 Å². The van der Waals surface area contributed by atoms with Crippen LogP contribution in [0.3, 0.4) is 0 Å². The van der Waals surface area contributed by atoms with E-state index in [0.29, 0.717) is 24.9 Å². The largest absolute Gasteiger partial charge is 0.493 e. The number of benzene rings is 1. The third-order valence-electron chi connectivity index (χ3n) is 6.46. The highest BCUT2D eigenvalue weighted by atomic mass is 16.5. The Balaban J connectivity index is 1.85. The number of carbonyl (C=O) groups excluding carboxylic acids is 4. The first-order valence-electron chi connectivity index (χ1n) is 12.4. The lowest BCUT2D eigenvalue weighted by Crippen LogP contribution is -2.44. The molecular formula is C27H39N3O5. The van der Waals surface area contributed by atoms with E-state index in [1.165, 1.54) is 19.0 Å². The van der Waals surface area contributed by atoms with Crippen molar-refractivity contribution in [1.82, 2.24) is 15.5 Å². The zero-order valence-electron chi connectivity index (χ0n) is 21.2. The van der Waals surface area contributed by atoms with Gasteiger partial charge in [-0.2, -0.15) is 0 Å². The average Bonchev–Trinajstić information content (AvgIpc) is 2.85. The second-order valence-corrected chi connectivity index (χ2v) is 9.24. The van der Waals surface area contributed by atoms with Crippen LogP contribution in [-0.4, -0.2) is 68.1 Å². The fraction of sp³-hybridized carbons (Fsp3) is 0.556. The van der Waals surface area contributed by atoms with Gasteiger partial charge in [0.15, 0.2) is 6.29 Å². The van der Waals surface area contributed by atoms with Crippen LogP contribution in [0.15, 0.2) is 30.4 Å². The van der Waals surface area contributed by atoms with Gasteiger partial charge in [-0.3, -0.25) is 14.4 Å². The van der Waals surface area contributed by atoms with E-state index in [1.54, 1.807) is 18.2 Å². The third-order valence-corrected chi connectivity index (χ3v) is 6.46. The fourth-order valence-electron chi connectivity index (χ4n) is 4.00. The van der Waals surface area contributed by atoms with Crippen LogP contribution in [0.2, 0.25) is 0 Å². The molecule has 1 aromatic carbocycles. The molecule has 0 bridgehead atoms. The number of amides is 2. The molecule has 0 heterocycles. The summed E-state index contributed by atoms with van der Waals surface area (Å²) < 4.78 is 5.90. The fourth-order valence-corrected chi connectivity index (χ4v) is 4.00. The van der Waals surface area contributed by atoms with Crippen LogP contribution in [0, 0.1) is 0 Å². The first-order valence-corrected chi connectivity index (χ1v) is 12.4. The van der Waals surface area contributed by atoms with E-state index in [4.69, 9.17) is 4.74 Å². The molecule has 35 heavy (non-hydrogen) atoms. The molecule has 0 spiro atoms. The Kier molecular flexibility index (Phi) is 11.6. The maximum Gasteiger partial charge on any atom is 0.258 e. The van der Waals surface area contributed by atoms with Crippen molar-refractivity contribution in [1.29, 1.82) is 0 Å². The highest BCUT2D eigenvalue weighted by Gasteiger charge is 2.26. The van der Waals surface area contributed by atoms with Crippen molar-refractivity contribution < 1.29 is 23.9 Å². The van der Waals surface area contributed by atoms with Crippen LogP contribution in [0.5, 0.6) is 5.75 Å². The maximum absolute atomic E-state index is 13.2. The molecule has 1 aromatic rings. The lowest BCUT2D eigenvalue weighted by molar-refractivity contribution is -0.121. The third kappa shape index (κ3) is 8.62. The Morgan fingerprint density at radius 2 is 1.89 bits per heavy atom. The summed E-state index contributed by atoms with van der Waals surface area (Å²) in [6.45, 7) is 3.66. The molecule has 8 nitrogen and oxygen atoms in total. The number of hydrogen-bond acceptors (Lipinski definition) is 6. The minimum absolute atomic E-state index is 0.114. The second kappa shape index (κ2) is 14.4. The number of likely N-dealkylation sites (N-methyl/N-ethyl adjacent to an activating group) is 1. The van der Waals surface area contributed by atoms with E-state index in [9.17, 15) is 19.2 Å². The maximum atomic E-state index is 13.2. The van der Waals surface area contributed by atoms with Crippen LogP contribution in [0.4, 0.5) is 0 Å². The summed E-state index contributed by atoms with van der Waals surface area (Å²) in [7, 11) is 3.01. The topological polar surface area (TPSA) is 105 Å². The van der Waals surface area contributed by atoms with Gasteiger partial charge in [-0.05, 0) is 45.2 Å². The van der Waals surface area contributed by atoms with Crippen LogP contribution in [-0.2, 0) is 9.59 Å². The van der Waals surface area contributed by atoms with Gasteiger partial charge < -0.3 is 25.1 Å². The Bertz CT molecular complexity index is 901. The zero-order valence-corrected chi connectivity index (χ0v) is 21.2. The molecule has 192 valence electrons. The summed E-state index contributed by atoms with van der Waals surface area (Å²) in [5.41, 5.74) is 0.530. The van der Waals surface area contributed by atoms with E-state index < -0.39 is 11.9 Å². The summed E-state index contributed by atoms with van der Waals surface area (Å²) in [6, 6.07) is 4.10. The van der Waals surface area contributed by atoms with E-state index in [-0.39, 0.29) is 35.4 Å². The lowest BCUT2D eigenvalue weighted by Gasteiger charge is -2.32. The molecule has 0 fully saturated rings. The Morgan fingerprint density at radius 3 is 2.51 bits per heavy atom. The second-order valence-electron chi connectivity index (χ2n) is 9.24. The molecule has 0 aromatic heterocycles. The smallest absolute Gasteiger partial charge is 0.258 e. The summed E-state index contributed by atoms with van der Waals surface area (Å²) in [4.78, 5) is 49.2. The van der Waals surface area contributed by atoms with Crippen molar-refractivity contribution in [3.63, 3.8) is 0 Å². The molecule has 8 heteroatoms. The molecule has 0 saturated carbocycles. The van der Waals surface area contributed by atoms with Crippen molar-refractivity contribution >= 4 is 24.4 Å². The average molecular weight is 486 g/mol. The molecular weight excluding hydrogens is 446 g/mol. The number of nitrogens with zero attached hydrogens (tertiary/aromatic N) is 1. The Morgan fingerprint density at radius 1 is 1.17 bits per heavy atom. The minimum Gasteiger partial charge on any atom is -0.493 e. The van der Waals surface area contributed by atoms with Gasteiger partial charge >= 0.3 is 0 Å². The van der Waals surface area contributed by atoms with Crippen LogP contribution < -0.4 is 15.4 Å². The summed E-state index contributed by atoms with van der Waals surface area (Å²) in [6.07, 6.45) is 12.3. The molecule has 2 atom stereocenters. The molecule has 0 aliphatic heterocycles. The normalized spacial score (nSPS) is 17.2. The van der Waals surface area contributed by atoms with Gasteiger partial charge in [0.2, 0.25) is 5.91 Å². The zero-order chi connectivity index (χ0) is 25.7. The minimum atomic E-state index is -0.787. The summed E-state index contributed by atoms with van der Waals surface area (Å²) in [5, 5.41) is 6.07. The number of hydrogen-bond donors (Lipinski definition) is 2. The van der Waals surface area contributed by atoms with Crippen molar-refractivity contribution in [3.8, 4) is 5.75 Å². The van der Waals surface area contributed by atoms with Gasteiger partial charge in [0, 0.05) is 31.6 Å². The molecule has 1 aliphatic carbocycles. The predicted molar refractivity (Wildman–Crippen MR) is 136 cm³/mol. The van der Waals surface area contributed by atoms with Crippen molar-refractivity contribution in [3.05, 3.63) is 41.5 Å². The Labute approximate surface area is 208 Å². The van der Waals surface area contributed by atoms with Crippen molar-refractivity contribution in [2.75, 3.05) is 27.2 Å². The molecule has 2 rings (SSSR count). The van der Waals surface area contributed by atoms with Gasteiger partial charge in [-0.1, -0.05) is 43.5 Å². The van der Waals surface area contributed by atoms with Crippen LogP contribution in [0.1, 0.15) is 79.0 Å².